The van der Waals surface area contributed by atoms with Crippen LogP contribution in [0.4, 0.5) is 0 Å². The van der Waals surface area contributed by atoms with Crippen LogP contribution in [-0.4, -0.2) is 33.2 Å². The van der Waals surface area contributed by atoms with Gasteiger partial charge in [0.2, 0.25) is 0 Å². The van der Waals surface area contributed by atoms with Crippen LogP contribution in [0.3, 0.4) is 0 Å². The molecular weight excluding hydrogens is 282 g/mol. The van der Waals surface area contributed by atoms with Gasteiger partial charge >= 0.3 is 5.97 Å². The highest BCUT2D eigenvalue weighted by Gasteiger charge is 2.19. The molecule has 1 heterocycles. The van der Waals surface area contributed by atoms with E-state index in [1.54, 1.807) is 11.8 Å². The number of benzene rings is 1. The molecule has 1 N–H and O–H groups in total. The molecule has 0 amide bonds. The van der Waals surface area contributed by atoms with Gasteiger partial charge in [-0.15, -0.1) is 5.10 Å². The molecule has 6 heteroatoms. The van der Waals surface area contributed by atoms with Crippen LogP contribution in [-0.2, 0) is 13.0 Å². The first-order chi connectivity index (χ1) is 10.5. The SMILES string of the molecule is COc1ccc(Cc2c(C(=O)O)nnn2CCC(C)C)cc1. The van der Waals surface area contributed by atoms with Crippen molar-refractivity contribution in [3.63, 3.8) is 0 Å². The van der Waals surface area contributed by atoms with Crippen molar-refractivity contribution < 1.29 is 14.6 Å². The van der Waals surface area contributed by atoms with Gasteiger partial charge in [-0.2, -0.15) is 0 Å². The van der Waals surface area contributed by atoms with E-state index in [1.165, 1.54) is 0 Å². The number of hydrogen-bond donors (Lipinski definition) is 1. The molecule has 0 bridgehead atoms. The van der Waals surface area contributed by atoms with Crippen molar-refractivity contribution in [3.05, 3.63) is 41.2 Å². The quantitative estimate of drug-likeness (QED) is 0.850. The number of aromatic carboxylic acids is 1. The van der Waals surface area contributed by atoms with Gasteiger partial charge < -0.3 is 9.84 Å². The van der Waals surface area contributed by atoms with Gasteiger partial charge in [0, 0.05) is 13.0 Å². The molecule has 0 radical (unpaired) electrons. The highest BCUT2D eigenvalue weighted by atomic mass is 16.5. The summed E-state index contributed by atoms with van der Waals surface area (Å²) in [4.78, 5) is 11.3. The van der Waals surface area contributed by atoms with Crippen LogP contribution >= 0.6 is 0 Å². The topological polar surface area (TPSA) is 77.2 Å². The van der Waals surface area contributed by atoms with E-state index < -0.39 is 5.97 Å². The number of methoxy groups -OCH3 is 1. The van der Waals surface area contributed by atoms with Gasteiger partial charge in [-0.3, -0.25) is 0 Å². The maximum atomic E-state index is 11.3. The molecule has 1 aromatic heterocycles. The van der Waals surface area contributed by atoms with Gasteiger partial charge in [0.1, 0.15) is 5.75 Å². The highest BCUT2D eigenvalue weighted by Crippen LogP contribution is 2.17. The molecule has 2 aromatic rings. The lowest BCUT2D eigenvalue weighted by atomic mass is 10.1. The van der Waals surface area contributed by atoms with E-state index in [1.807, 2.05) is 24.3 Å². The number of aryl methyl sites for hydroxylation is 1. The number of hydrogen-bond acceptors (Lipinski definition) is 4. The third-order valence-corrected chi connectivity index (χ3v) is 3.49. The van der Waals surface area contributed by atoms with Crippen molar-refractivity contribution in [2.75, 3.05) is 7.11 Å². The van der Waals surface area contributed by atoms with Crippen molar-refractivity contribution >= 4 is 5.97 Å². The summed E-state index contributed by atoms with van der Waals surface area (Å²) in [5.41, 5.74) is 1.66. The van der Waals surface area contributed by atoms with Crippen molar-refractivity contribution in [1.82, 2.24) is 15.0 Å². The monoisotopic (exact) mass is 303 g/mol. The molecule has 0 spiro atoms. The number of carboxylic acids is 1. The second-order valence-corrected chi connectivity index (χ2v) is 5.62. The number of carbonyl (C=O) groups is 1. The zero-order valence-corrected chi connectivity index (χ0v) is 13.1. The summed E-state index contributed by atoms with van der Waals surface area (Å²) in [6.07, 6.45) is 1.41. The molecule has 0 aliphatic carbocycles. The van der Waals surface area contributed by atoms with Gasteiger partial charge in [-0.1, -0.05) is 31.2 Å². The van der Waals surface area contributed by atoms with Crippen LogP contribution in [0.1, 0.15) is 42.0 Å². The van der Waals surface area contributed by atoms with Crippen LogP contribution in [0.25, 0.3) is 0 Å². The maximum Gasteiger partial charge on any atom is 0.358 e. The fourth-order valence-corrected chi connectivity index (χ4v) is 2.17. The average Bonchev–Trinajstić information content (AvgIpc) is 2.89. The highest BCUT2D eigenvalue weighted by molar-refractivity contribution is 5.86. The Bertz CT molecular complexity index is 633. The molecule has 0 aliphatic rings. The Kier molecular flexibility index (Phi) is 5.14. The predicted molar refractivity (Wildman–Crippen MR) is 82.2 cm³/mol. The molecule has 0 saturated carbocycles. The van der Waals surface area contributed by atoms with Gasteiger partial charge in [-0.25, -0.2) is 9.48 Å². The van der Waals surface area contributed by atoms with Crippen molar-refractivity contribution in [3.8, 4) is 5.75 Å². The molecule has 0 aliphatic heterocycles. The summed E-state index contributed by atoms with van der Waals surface area (Å²) in [7, 11) is 1.61. The second-order valence-electron chi connectivity index (χ2n) is 5.62. The zero-order chi connectivity index (χ0) is 16.1. The van der Waals surface area contributed by atoms with Crippen LogP contribution in [0.15, 0.2) is 24.3 Å². The van der Waals surface area contributed by atoms with E-state index in [0.717, 1.165) is 17.7 Å². The summed E-state index contributed by atoms with van der Waals surface area (Å²) in [5, 5.41) is 17.1. The summed E-state index contributed by atoms with van der Waals surface area (Å²) < 4.78 is 6.83. The lowest BCUT2D eigenvalue weighted by Crippen LogP contribution is -2.10. The third kappa shape index (κ3) is 3.84. The number of carboxylic acid groups (broad SMARTS) is 1. The Hall–Kier alpha value is -2.37. The Morgan fingerprint density at radius 3 is 2.55 bits per heavy atom. The van der Waals surface area contributed by atoms with Crippen LogP contribution in [0, 0.1) is 5.92 Å². The van der Waals surface area contributed by atoms with E-state index in [-0.39, 0.29) is 5.69 Å². The fraction of sp³-hybridized carbons (Fsp3) is 0.438. The Labute approximate surface area is 129 Å². The van der Waals surface area contributed by atoms with E-state index in [9.17, 15) is 9.90 Å². The first-order valence-electron chi connectivity index (χ1n) is 7.29. The maximum absolute atomic E-state index is 11.3. The lowest BCUT2D eigenvalue weighted by molar-refractivity contribution is 0.0689. The summed E-state index contributed by atoms with van der Waals surface area (Å²) in [6, 6.07) is 7.56. The zero-order valence-electron chi connectivity index (χ0n) is 13.1. The summed E-state index contributed by atoms with van der Waals surface area (Å²) in [6.45, 7) is 4.92. The summed E-state index contributed by atoms with van der Waals surface area (Å²) >= 11 is 0. The van der Waals surface area contributed by atoms with E-state index in [2.05, 4.69) is 24.2 Å². The van der Waals surface area contributed by atoms with Crippen LogP contribution in [0.5, 0.6) is 5.75 Å². The molecule has 2 rings (SSSR count). The van der Waals surface area contributed by atoms with Crippen molar-refractivity contribution in [1.29, 1.82) is 0 Å². The lowest BCUT2D eigenvalue weighted by Gasteiger charge is -2.09. The molecule has 0 fully saturated rings. The van der Waals surface area contributed by atoms with E-state index in [0.29, 0.717) is 24.6 Å². The number of nitrogens with zero attached hydrogens (tertiary/aromatic N) is 3. The Balaban J connectivity index is 2.25. The minimum absolute atomic E-state index is 0.0274. The summed E-state index contributed by atoms with van der Waals surface area (Å²) in [5.74, 6) is 0.249. The standard InChI is InChI=1S/C16H21N3O3/c1-11(2)8-9-19-14(15(16(20)21)17-18-19)10-12-4-6-13(22-3)7-5-12/h4-7,11H,8-10H2,1-3H3,(H,20,21). The van der Waals surface area contributed by atoms with Crippen molar-refractivity contribution in [2.45, 2.75) is 33.2 Å². The molecule has 1 aromatic carbocycles. The van der Waals surface area contributed by atoms with Crippen LogP contribution < -0.4 is 4.74 Å². The number of rotatable bonds is 7. The molecule has 118 valence electrons. The van der Waals surface area contributed by atoms with Crippen LogP contribution in [0.2, 0.25) is 0 Å². The minimum Gasteiger partial charge on any atom is -0.497 e. The van der Waals surface area contributed by atoms with Gasteiger partial charge in [0.05, 0.1) is 12.8 Å². The normalized spacial score (nSPS) is 10.9. The van der Waals surface area contributed by atoms with E-state index in [4.69, 9.17) is 4.74 Å². The minimum atomic E-state index is -1.04. The average molecular weight is 303 g/mol. The van der Waals surface area contributed by atoms with Gasteiger partial charge in [0.25, 0.3) is 0 Å². The van der Waals surface area contributed by atoms with Gasteiger partial charge in [-0.05, 0) is 30.0 Å². The predicted octanol–water partition coefficient (Wildman–Crippen LogP) is 2.62. The van der Waals surface area contributed by atoms with E-state index >= 15 is 0 Å². The first kappa shape index (κ1) is 16.0. The molecule has 0 saturated heterocycles. The Morgan fingerprint density at radius 1 is 1.32 bits per heavy atom. The van der Waals surface area contributed by atoms with Crippen molar-refractivity contribution in [2.24, 2.45) is 5.92 Å². The van der Waals surface area contributed by atoms with Gasteiger partial charge in [0.15, 0.2) is 5.69 Å². The third-order valence-electron chi connectivity index (χ3n) is 3.49. The Morgan fingerprint density at radius 2 is 2.00 bits per heavy atom. The fourth-order valence-electron chi connectivity index (χ4n) is 2.17. The largest absolute Gasteiger partial charge is 0.497 e. The molecule has 22 heavy (non-hydrogen) atoms. The smallest absolute Gasteiger partial charge is 0.358 e. The number of aromatic nitrogens is 3. The molecule has 0 unspecified atom stereocenters. The first-order valence-corrected chi connectivity index (χ1v) is 7.29. The molecule has 0 atom stereocenters. The molecular formula is C16H21N3O3. The second kappa shape index (κ2) is 7.06. The molecule has 6 nitrogen and oxygen atoms in total. The number of ether oxygens (including phenoxy) is 1.